The molecule has 0 aliphatic heterocycles. The van der Waals surface area contributed by atoms with Crippen LogP contribution >= 0.6 is 11.6 Å². The van der Waals surface area contributed by atoms with Crippen LogP contribution in [0, 0.1) is 20.8 Å². The van der Waals surface area contributed by atoms with Gasteiger partial charge in [-0.1, -0.05) is 29.3 Å². The molecule has 0 atom stereocenters. The van der Waals surface area contributed by atoms with Crippen molar-refractivity contribution >= 4 is 27.3 Å². The standard InChI is InChI=1S/C15H16ClNO3S/c1-9-6-10(2)15(11(3)7-9)21(19,20)17-12-4-5-14(18)13(16)8-12/h4-8,17-18H,1-3H3. The number of aromatic hydroxyl groups is 1. The quantitative estimate of drug-likeness (QED) is 0.844. The fourth-order valence-corrected chi connectivity index (χ4v) is 4.05. The third-order valence-electron chi connectivity index (χ3n) is 3.07. The van der Waals surface area contributed by atoms with Crippen molar-refractivity contribution in [1.29, 1.82) is 0 Å². The number of aryl methyl sites for hydroxylation is 3. The second-order valence-electron chi connectivity index (χ2n) is 5.00. The fourth-order valence-electron chi connectivity index (χ4n) is 2.37. The van der Waals surface area contributed by atoms with Crippen molar-refractivity contribution in [1.82, 2.24) is 0 Å². The van der Waals surface area contributed by atoms with Gasteiger partial charge in [0.15, 0.2) is 0 Å². The lowest BCUT2D eigenvalue weighted by atomic mass is 10.1. The Morgan fingerprint density at radius 3 is 2.14 bits per heavy atom. The van der Waals surface area contributed by atoms with E-state index in [-0.39, 0.29) is 15.7 Å². The zero-order chi connectivity index (χ0) is 15.8. The van der Waals surface area contributed by atoms with E-state index in [1.807, 2.05) is 19.1 Å². The van der Waals surface area contributed by atoms with Gasteiger partial charge in [0.25, 0.3) is 10.0 Å². The number of sulfonamides is 1. The molecule has 2 N–H and O–H groups in total. The van der Waals surface area contributed by atoms with Gasteiger partial charge in [-0.3, -0.25) is 4.72 Å². The molecule has 0 bridgehead atoms. The Morgan fingerprint density at radius 1 is 1.05 bits per heavy atom. The highest BCUT2D eigenvalue weighted by Gasteiger charge is 2.20. The summed E-state index contributed by atoms with van der Waals surface area (Å²) in [6, 6.07) is 7.82. The number of rotatable bonds is 3. The highest BCUT2D eigenvalue weighted by Crippen LogP contribution is 2.29. The summed E-state index contributed by atoms with van der Waals surface area (Å²) in [6.45, 7) is 5.44. The van der Waals surface area contributed by atoms with E-state index in [9.17, 15) is 13.5 Å². The molecule has 0 heterocycles. The van der Waals surface area contributed by atoms with Crippen LogP contribution in [0.3, 0.4) is 0 Å². The smallest absolute Gasteiger partial charge is 0.262 e. The van der Waals surface area contributed by atoms with Crippen molar-refractivity contribution in [3.63, 3.8) is 0 Å². The van der Waals surface area contributed by atoms with Gasteiger partial charge in [0.2, 0.25) is 0 Å². The summed E-state index contributed by atoms with van der Waals surface area (Å²) in [5, 5.41) is 9.46. The minimum Gasteiger partial charge on any atom is -0.506 e. The molecule has 0 saturated carbocycles. The maximum atomic E-state index is 12.5. The Kier molecular flexibility index (Phi) is 4.16. The van der Waals surface area contributed by atoms with E-state index in [0.29, 0.717) is 16.8 Å². The largest absolute Gasteiger partial charge is 0.506 e. The molecular formula is C15H16ClNO3S. The summed E-state index contributed by atoms with van der Waals surface area (Å²) in [6.07, 6.45) is 0. The van der Waals surface area contributed by atoms with Crippen molar-refractivity contribution in [3.8, 4) is 5.75 Å². The number of phenolic OH excluding ortho intramolecular Hbond substituents is 1. The van der Waals surface area contributed by atoms with Gasteiger partial charge in [0.05, 0.1) is 15.6 Å². The van der Waals surface area contributed by atoms with E-state index in [1.165, 1.54) is 18.2 Å². The summed E-state index contributed by atoms with van der Waals surface area (Å²) in [7, 11) is -3.71. The Bertz CT molecular complexity index is 778. The molecule has 0 radical (unpaired) electrons. The minimum atomic E-state index is -3.71. The molecule has 6 heteroatoms. The first-order chi connectivity index (χ1) is 9.70. The number of benzene rings is 2. The molecule has 2 aromatic carbocycles. The average molecular weight is 326 g/mol. The van der Waals surface area contributed by atoms with Gasteiger partial charge >= 0.3 is 0 Å². The van der Waals surface area contributed by atoms with Gasteiger partial charge in [0, 0.05) is 0 Å². The molecule has 0 aliphatic carbocycles. The summed E-state index contributed by atoms with van der Waals surface area (Å²) >= 11 is 5.79. The topological polar surface area (TPSA) is 66.4 Å². The molecule has 0 unspecified atom stereocenters. The predicted octanol–water partition coefficient (Wildman–Crippen LogP) is 3.77. The zero-order valence-electron chi connectivity index (χ0n) is 11.9. The normalized spacial score (nSPS) is 11.4. The Labute approximate surface area is 129 Å². The number of anilines is 1. The van der Waals surface area contributed by atoms with Gasteiger partial charge in [-0.25, -0.2) is 8.42 Å². The van der Waals surface area contributed by atoms with Crippen LogP contribution in [0.25, 0.3) is 0 Å². The van der Waals surface area contributed by atoms with Gasteiger partial charge in [-0.15, -0.1) is 0 Å². The molecule has 21 heavy (non-hydrogen) atoms. The van der Waals surface area contributed by atoms with Crippen LogP contribution in [0.1, 0.15) is 16.7 Å². The number of nitrogens with one attached hydrogen (secondary N) is 1. The van der Waals surface area contributed by atoms with Gasteiger partial charge in [-0.2, -0.15) is 0 Å². The van der Waals surface area contributed by atoms with Crippen LogP contribution < -0.4 is 4.72 Å². The summed E-state index contributed by atoms with van der Waals surface area (Å²) in [5.41, 5.74) is 2.68. The van der Waals surface area contributed by atoms with Crippen molar-refractivity contribution in [3.05, 3.63) is 52.0 Å². The lowest BCUT2D eigenvalue weighted by Gasteiger charge is -2.14. The first-order valence-electron chi connectivity index (χ1n) is 6.30. The molecule has 112 valence electrons. The van der Waals surface area contributed by atoms with Crippen LogP contribution in [0.5, 0.6) is 5.75 Å². The SMILES string of the molecule is Cc1cc(C)c(S(=O)(=O)Nc2ccc(O)c(Cl)c2)c(C)c1. The monoisotopic (exact) mass is 325 g/mol. The van der Waals surface area contributed by atoms with Crippen molar-refractivity contribution < 1.29 is 13.5 Å². The molecule has 2 rings (SSSR count). The van der Waals surface area contributed by atoms with E-state index in [0.717, 1.165) is 5.56 Å². The summed E-state index contributed by atoms with van der Waals surface area (Å²) in [4.78, 5) is 0.261. The third-order valence-corrected chi connectivity index (χ3v) is 5.06. The summed E-state index contributed by atoms with van der Waals surface area (Å²) in [5.74, 6) is -0.0951. The fraction of sp³-hybridized carbons (Fsp3) is 0.200. The maximum absolute atomic E-state index is 12.5. The van der Waals surface area contributed by atoms with E-state index >= 15 is 0 Å². The highest BCUT2D eigenvalue weighted by atomic mass is 35.5. The Hall–Kier alpha value is -1.72. The summed E-state index contributed by atoms with van der Waals surface area (Å²) < 4.78 is 27.5. The Balaban J connectivity index is 2.46. The number of hydrogen-bond acceptors (Lipinski definition) is 3. The Morgan fingerprint density at radius 2 is 1.62 bits per heavy atom. The maximum Gasteiger partial charge on any atom is 0.262 e. The molecular weight excluding hydrogens is 310 g/mol. The number of halogens is 1. The van der Waals surface area contributed by atoms with Gasteiger partial charge in [-0.05, 0) is 50.1 Å². The zero-order valence-corrected chi connectivity index (χ0v) is 13.5. The molecule has 0 amide bonds. The molecule has 0 aliphatic rings. The van der Waals surface area contributed by atoms with E-state index in [1.54, 1.807) is 13.8 Å². The number of phenols is 1. The minimum absolute atomic E-state index is 0.0903. The third kappa shape index (κ3) is 3.31. The molecule has 2 aromatic rings. The van der Waals surface area contributed by atoms with Crippen LogP contribution in [0.2, 0.25) is 5.02 Å². The second kappa shape index (κ2) is 5.58. The van der Waals surface area contributed by atoms with Crippen molar-refractivity contribution in [2.24, 2.45) is 0 Å². The van der Waals surface area contributed by atoms with Crippen molar-refractivity contribution in [2.75, 3.05) is 4.72 Å². The second-order valence-corrected chi connectivity index (χ2v) is 7.03. The average Bonchev–Trinajstić information content (AvgIpc) is 2.31. The van der Waals surface area contributed by atoms with E-state index < -0.39 is 10.0 Å². The molecule has 0 saturated heterocycles. The van der Waals surface area contributed by atoms with E-state index in [4.69, 9.17) is 11.6 Å². The van der Waals surface area contributed by atoms with Crippen LogP contribution in [0.4, 0.5) is 5.69 Å². The predicted molar refractivity (Wildman–Crippen MR) is 84.6 cm³/mol. The van der Waals surface area contributed by atoms with Crippen LogP contribution in [-0.2, 0) is 10.0 Å². The molecule has 0 fully saturated rings. The van der Waals surface area contributed by atoms with Crippen LogP contribution in [0.15, 0.2) is 35.2 Å². The van der Waals surface area contributed by atoms with E-state index in [2.05, 4.69) is 4.72 Å². The highest BCUT2D eigenvalue weighted by molar-refractivity contribution is 7.92. The van der Waals surface area contributed by atoms with Crippen molar-refractivity contribution in [2.45, 2.75) is 25.7 Å². The lowest BCUT2D eigenvalue weighted by Crippen LogP contribution is -2.15. The lowest BCUT2D eigenvalue weighted by molar-refractivity contribution is 0.475. The molecule has 0 spiro atoms. The van der Waals surface area contributed by atoms with Gasteiger partial charge in [0.1, 0.15) is 5.75 Å². The number of hydrogen-bond donors (Lipinski definition) is 2. The van der Waals surface area contributed by atoms with Gasteiger partial charge < -0.3 is 5.11 Å². The first-order valence-corrected chi connectivity index (χ1v) is 8.16. The molecule has 0 aromatic heterocycles. The first kappa shape index (κ1) is 15.7. The molecule has 4 nitrogen and oxygen atoms in total. The van der Waals surface area contributed by atoms with Crippen LogP contribution in [-0.4, -0.2) is 13.5 Å².